The number of ether oxygens (including phenoxy) is 1. The van der Waals surface area contributed by atoms with E-state index in [9.17, 15) is 13.2 Å². The number of anilines is 2. The Hall–Kier alpha value is -1.78. The summed E-state index contributed by atoms with van der Waals surface area (Å²) in [4.78, 5) is 24.2. The summed E-state index contributed by atoms with van der Waals surface area (Å²) in [5.74, 6) is 1.24. The van der Waals surface area contributed by atoms with Crippen LogP contribution < -0.4 is 10.2 Å². The summed E-state index contributed by atoms with van der Waals surface area (Å²) in [6.07, 6.45) is 5.86. The smallest absolute Gasteiger partial charge is 0.234 e. The first-order valence-electron chi connectivity index (χ1n) is 10.1. The minimum atomic E-state index is -3.15. The fourth-order valence-corrected chi connectivity index (χ4v) is 5.23. The molecule has 1 aromatic rings. The van der Waals surface area contributed by atoms with E-state index in [1.165, 1.54) is 10.6 Å². The number of hydrogen-bond donors (Lipinski definition) is 1. The van der Waals surface area contributed by atoms with Crippen molar-refractivity contribution in [2.24, 2.45) is 5.41 Å². The van der Waals surface area contributed by atoms with Crippen molar-refractivity contribution in [3.63, 3.8) is 0 Å². The molecule has 3 aliphatic heterocycles. The molecule has 10 heteroatoms. The highest BCUT2D eigenvalue weighted by molar-refractivity contribution is 7.88. The zero-order valence-corrected chi connectivity index (χ0v) is 18.0. The molecule has 1 N–H and O–H groups in total. The summed E-state index contributed by atoms with van der Waals surface area (Å²) in [5.41, 5.74) is 0.478. The molecule has 0 aliphatic carbocycles. The van der Waals surface area contributed by atoms with E-state index in [0.29, 0.717) is 57.3 Å². The number of carbonyl (C=O) groups is 1. The number of fused-ring (bicyclic) bond motifs is 1. The lowest BCUT2D eigenvalue weighted by atomic mass is 9.81. The molecule has 160 valence electrons. The van der Waals surface area contributed by atoms with Gasteiger partial charge < -0.3 is 10.1 Å². The van der Waals surface area contributed by atoms with Crippen LogP contribution in [0.25, 0.3) is 0 Å². The molecule has 2 saturated heterocycles. The lowest BCUT2D eigenvalue weighted by Crippen LogP contribution is -2.52. The molecule has 4 rings (SSSR count). The van der Waals surface area contributed by atoms with Gasteiger partial charge in [-0.15, -0.1) is 0 Å². The van der Waals surface area contributed by atoms with Gasteiger partial charge >= 0.3 is 0 Å². The van der Waals surface area contributed by atoms with E-state index in [1.807, 2.05) is 24.9 Å². The second-order valence-electron chi connectivity index (χ2n) is 8.88. The number of rotatable bonds is 4. The molecule has 0 aromatic carbocycles. The predicted octanol–water partition coefficient (Wildman–Crippen LogP) is 1.02. The lowest BCUT2D eigenvalue weighted by molar-refractivity contribution is -0.127. The number of sulfonamides is 1. The first-order valence-corrected chi connectivity index (χ1v) is 12.0. The maximum absolute atomic E-state index is 13.2. The van der Waals surface area contributed by atoms with Crippen molar-refractivity contribution >= 4 is 27.7 Å². The molecule has 2 fully saturated rings. The van der Waals surface area contributed by atoms with Crippen molar-refractivity contribution in [3.8, 4) is 0 Å². The maximum Gasteiger partial charge on any atom is 0.234 e. The summed E-state index contributed by atoms with van der Waals surface area (Å²) in [6, 6.07) is 0.103. The number of nitrogens with one attached hydrogen (secondary N) is 1. The van der Waals surface area contributed by atoms with Crippen molar-refractivity contribution < 1.29 is 17.9 Å². The minimum absolute atomic E-state index is 0.00146. The Morgan fingerprint density at radius 3 is 2.59 bits per heavy atom. The zero-order chi connectivity index (χ0) is 20.8. The molecule has 4 heterocycles. The van der Waals surface area contributed by atoms with E-state index in [0.717, 1.165) is 12.0 Å². The highest BCUT2D eigenvalue weighted by Crippen LogP contribution is 2.38. The molecule has 0 bridgehead atoms. The molecule has 1 amide bonds. The Balaban J connectivity index is 1.54. The third kappa shape index (κ3) is 4.10. The van der Waals surface area contributed by atoms with Gasteiger partial charge in [-0.25, -0.2) is 17.7 Å². The van der Waals surface area contributed by atoms with Crippen molar-refractivity contribution in [2.75, 3.05) is 42.8 Å². The van der Waals surface area contributed by atoms with Gasteiger partial charge in [-0.3, -0.25) is 9.69 Å². The van der Waals surface area contributed by atoms with Gasteiger partial charge in [-0.2, -0.15) is 4.98 Å². The minimum Gasteiger partial charge on any atom is -0.379 e. The molecule has 9 nitrogen and oxygen atoms in total. The van der Waals surface area contributed by atoms with E-state index >= 15 is 0 Å². The van der Waals surface area contributed by atoms with Crippen LogP contribution in [-0.4, -0.2) is 73.2 Å². The van der Waals surface area contributed by atoms with E-state index < -0.39 is 15.4 Å². The summed E-state index contributed by atoms with van der Waals surface area (Å²) >= 11 is 0. The van der Waals surface area contributed by atoms with Crippen molar-refractivity contribution in [2.45, 2.75) is 51.6 Å². The first-order chi connectivity index (χ1) is 13.6. The highest BCUT2D eigenvalue weighted by atomic mass is 32.2. The second-order valence-corrected chi connectivity index (χ2v) is 10.9. The van der Waals surface area contributed by atoms with Crippen molar-refractivity contribution in [1.82, 2.24) is 14.3 Å². The lowest BCUT2D eigenvalue weighted by Gasteiger charge is -2.40. The van der Waals surface area contributed by atoms with E-state index in [-0.39, 0.29) is 18.0 Å². The highest BCUT2D eigenvalue weighted by Gasteiger charge is 2.44. The fraction of sp³-hybridized carbons (Fsp3) is 0.737. The number of nitrogens with zero attached hydrogens (tertiary/aromatic N) is 4. The van der Waals surface area contributed by atoms with Crippen LogP contribution in [0, 0.1) is 5.41 Å². The monoisotopic (exact) mass is 423 g/mol. The van der Waals surface area contributed by atoms with Crippen LogP contribution in [-0.2, 0) is 26.0 Å². The molecule has 1 unspecified atom stereocenters. The summed E-state index contributed by atoms with van der Waals surface area (Å²) in [7, 11) is -3.15. The Bertz CT molecular complexity index is 890. The Kier molecular flexibility index (Phi) is 5.28. The second kappa shape index (κ2) is 7.48. The summed E-state index contributed by atoms with van der Waals surface area (Å²) in [6.45, 7) is 6.07. The van der Waals surface area contributed by atoms with Gasteiger partial charge in [0, 0.05) is 42.9 Å². The zero-order valence-electron chi connectivity index (χ0n) is 17.2. The molecule has 3 aliphatic rings. The van der Waals surface area contributed by atoms with Crippen LogP contribution in [0.4, 0.5) is 11.8 Å². The maximum atomic E-state index is 13.2. The number of amides is 1. The van der Waals surface area contributed by atoms with Crippen molar-refractivity contribution in [1.29, 1.82) is 0 Å². The van der Waals surface area contributed by atoms with Crippen LogP contribution in [0.3, 0.4) is 0 Å². The number of hydrogen-bond acceptors (Lipinski definition) is 7. The van der Waals surface area contributed by atoms with Gasteiger partial charge in [0.2, 0.25) is 21.9 Å². The van der Waals surface area contributed by atoms with E-state index in [4.69, 9.17) is 9.72 Å². The van der Waals surface area contributed by atoms with E-state index in [2.05, 4.69) is 10.3 Å². The van der Waals surface area contributed by atoms with Crippen LogP contribution in [0.2, 0.25) is 0 Å². The van der Waals surface area contributed by atoms with Crippen LogP contribution in [0.15, 0.2) is 6.20 Å². The number of carbonyl (C=O) groups excluding carboxylic acids is 1. The molecule has 29 heavy (non-hydrogen) atoms. The molecule has 0 spiro atoms. The first kappa shape index (κ1) is 20.5. The standard InChI is InChI=1S/C19H29N5O4S/c1-19(2)10-13-11-20-18(21-14-4-7-23(8-5-14)29(3,26)27)22-16(13)24(17(19)25)15-6-9-28-12-15/h11,14-15H,4-10,12H2,1-3H3,(H,20,21,22). The fourth-order valence-electron chi connectivity index (χ4n) is 4.35. The number of piperidine rings is 1. The van der Waals surface area contributed by atoms with Gasteiger partial charge in [0.25, 0.3) is 0 Å². The van der Waals surface area contributed by atoms with Crippen LogP contribution in [0.5, 0.6) is 0 Å². The average Bonchev–Trinajstić information content (AvgIpc) is 3.17. The van der Waals surface area contributed by atoms with Gasteiger partial charge in [0.1, 0.15) is 5.82 Å². The summed E-state index contributed by atoms with van der Waals surface area (Å²) < 4.78 is 30.4. The number of aromatic nitrogens is 2. The molecule has 1 aromatic heterocycles. The quantitative estimate of drug-likeness (QED) is 0.771. The largest absolute Gasteiger partial charge is 0.379 e. The molecule has 1 atom stereocenters. The molecule has 0 saturated carbocycles. The Morgan fingerprint density at radius 2 is 1.97 bits per heavy atom. The van der Waals surface area contributed by atoms with Gasteiger partial charge in [0.05, 0.1) is 18.9 Å². The predicted molar refractivity (Wildman–Crippen MR) is 109 cm³/mol. The molecular weight excluding hydrogens is 394 g/mol. The summed E-state index contributed by atoms with van der Waals surface area (Å²) in [5, 5.41) is 3.34. The molecular formula is C19H29N5O4S. The van der Waals surface area contributed by atoms with Crippen LogP contribution in [0.1, 0.15) is 38.7 Å². The van der Waals surface area contributed by atoms with Gasteiger partial charge in [-0.05, 0) is 25.7 Å². The third-order valence-electron chi connectivity index (χ3n) is 6.03. The topological polar surface area (TPSA) is 105 Å². The SMILES string of the molecule is CC1(C)Cc2cnc(NC3CCN(S(C)(=O)=O)CC3)nc2N(C2CCOC2)C1=O. The normalized spacial score (nSPS) is 25.8. The van der Waals surface area contributed by atoms with Gasteiger partial charge in [-0.1, -0.05) is 13.8 Å². The third-order valence-corrected chi connectivity index (χ3v) is 7.33. The Morgan fingerprint density at radius 1 is 1.24 bits per heavy atom. The van der Waals surface area contributed by atoms with Gasteiger partial charge in [0.15, 0.2) is 0 Å². The Labute approximate surface area is 171 Å². The average molecular weight is 424 g/mol. The van der Waals surface area contributed by atoms with E-state index in [1.54, 1.807) is 0 Å². The molecule has 0 radical (unpaired) electrons. The van der Waals surface area contributed by atoms with Crippen LogP contribution >= 0.6 is 0 Å². The van der Waals surface area contributed by atoms with Crippen molar-refractivity contribution in [3.05, 3.63) is 11.8 Å².